The Hall–Kier alpha value is -2.31. The summed E-state index contributed by atoms with van der Waals surface area (Å²) in [7, 11) is 7.69. The lowest BCUT2D eigenvalue weighted by Crippen LogP contribution is -2.55. The predicted octanol–water partition coefficient (Wildman–Crippen LogP) is 3.33. The molecule has 1 aromatic carbocycles. The van der Waals surface area contributed by atoms with Crippen LogP contribution < -0.4 is 9.47 Å². The number of ether oxygens (including phenoxy) is 5. The van der Waals surface area contributed by atoms with Crippen molar-refractivity contribution in [2.24, 2.45) is 0 Å². The van der Waals surface area contributed by atoms with Gasteiger partial charge in [-0.1, -0.05) is 12.1 Å². The average molecular weight is 388 g/mol. The maximum absolute atomic E-state index is 13.4. The molecule has 0 fully saturated rings. The summed E-state index contributed by atoms with van der Waals surface area (Å²) in [6.07, 6.45) is 4.09. The Kier molecular flexibility index (Phi) is 5.55. The molecule has 0 aliphatic heterocycles. The molecule has 3 rings (SSSR count). The molecule has 6 heteroatoms. The van der Waals surface area contributed by atoms with Crippen LogP contribution in [0.25, 0.3) is 0 Å². The molecule has 1 unspecified atom stereocenters. The van der Waals surface area contributed by atoms with Crippen molar-refractivity contribution in [3.8, 4) is 11.5 Å². The first-order valence-electron chi connectivity index (χ1n) is 9.26. The van der Waals surface area contributed by atoms with Crippen LogP contribution >= 0.6 is 0 Å². The predicted molar refractivity (Wildman–Crippen MR) is 105 cm³/mol. The standard InChI is InChI=1S/C22H28O6/c1-7-12-21-13-17(23)22(27-5,28-6)20(26-4)15(21)10-8-14-9-11-16(24-2)19(25-3)18(14)21/h7,9,11H,1,8,10,12-13H2,2-6H3. The zero-order valence-electron chi connectivity index (χ0n) is 17.2. The number of allylic oxidation sites excluding steroid dienone is 2. The third-order valence-corrected chi connectivity index (χ3v) is 6.01. The van der Waals surface area contributed by atoms with E-state index < -0.39 is 11.2 Å². The van der Waals surface area contributed by atoms with Crippen molar-refractivity contribution in [1.29, 1.82) is 0 Å². The lowest BCUT2D eigenvalue weighted by Gasteiger charge is -2.48. The molecule has 0 saturated heterocycles. The number of hydrogen-bond acceptors (Lipinski definition) is 6. The average Bonchev–Trinajstić information content (AvgIpc) is 2.72. The maximum atomic E-state index is 13.4. The first kappa shape index (κ1) is 20.4. The number of hydrogen-bond donors (Lipinski definition) is 0. The van der Waals surface area contributed by atoms with E-state index in [0.29, 0.717) is 23.7 Å². The van der Waals surface area contributed by atoms with E-state index in [-0.39, 0.29) is 12.2 Å². The maximum Gasteiger partial charge on any atom is 0.288 e. The Morgan fingerprint density at radius 1 is 1.04 bits per heavy atom. The number of fused-ring (bicyclic) bond motifs is 3. The number of rotatable bonds is 7. The molecule has 6 nitrogen and oxygen atoms in total. The largest absolute Gasteiger partial charge is 0.495 e. The smallest absolute Gasteiger partial charge is 0.288 e. The lowest BCUT2D eigenvalue weighted by atomic mass is 9.58. The van der Waals surface area contributed by atoms with E-state index in [1.807, 2.05) is 18.2 Å². The molecule has 0 amide bonds. The van der Waals surface area contributed by atoms with Gasteiger partial charge in [-0.25, -0.2) is 0 Å². The highest BCUT2D eigenvalue weighted by Gasteiger charge is 2.58. The summed E-state index contributed by atoms with van der Waals surface area (Å²) in [6, 6.07) is 3.95. The normalized spacial score (nSPS) is 23.0. The number of Topliss-reactive ketones (excluding diaryl/α,β-unsaturated/α-hetero) is 1. The fourth-order valence-electron chi connectivity index (χ4n) is 4.89. The molecule has 152 valence electrons. The van der Waals surface area contributed by atoms with Crippen LogP contribution in [0.5, 0.6) is 11.5 Å². The van der Waals surface area contributed by atoms with Crippen molar-refractivity contribution < 1.29 is 28.5 Å². The molecule has 1 atom stereocenters. The van der Waals surface area contributed by atoms with E-state index in [9.17, 15) is 4.79 Å². The number of aryl methyl sites for hydroxylation is 1. The summed E-state index contributed by atoms with van der Waals surface area (Å²) in [5.74, 6) is -0.0284. The zero-order chi connectivity index (χ0) is 20.5. The Labute approximate surface area is 166 Å². The molecule has 2 aliphatic carbocycles. The van der Waals surface area contributed by atoms with Gasteiger partial charge in [-0.15, -0.1) is 6.58 Å². The Bertz CT molecular complexity index is 821. The van der Waals surface area contributed by atoms with E-state index >= 15 is 0 Å². The summed E-state index contributed by atoms with van der Waals surface area (Å²) in [5.41, 5.74) is 2.43. The fourth-order valence-corrected chi connectivity index (χ4v) is 4.89. The number of carbonyl (C=O) groups is 1. The fraction of sp³-hybridized carbons (Fsp3) is 0.500. The highest BCUT2D eigenvalue weighted by molar-refractivity contribution is 5.93. The van der Waals surface area contributed by atoms with E-state index in [0.717, 1.165) is 29.5 Å². The minimum absolute atomic E-state index is 0.194. The van der Waals surface area contributed by atoms with Crippen molar-refractivity contribution in [2.75, 3.05) is 35.5 Å². The lowest BCUT2D eigenvalue weighted by molar-refractivity contribution is -0.208. The number of methoxy groups -OCH3 is 5. The van der Waals surface area contributed by atoms with Crippen LogP contribution in [0.2, 0.25) is 0 Å². The number of ketones is 1. The van der Waals surface area contributed by atoms with Crippen molar-refractivity contribution in [1.82, 2.24) is 0 Å². The third-order valence-electron chi connectivity index (χ3n) is 6.01. The van der Waals surface area contributed by atoms with Crippen LogP contribution in [0.3, 0.4) is 0 Å². The van der Waals surface area contributed by atoms with Gasteiger partial charge in [-0.3, -0.25) is 4.79 Å². The van der Waals surface area contributed by atoms with E-state index in [2.05, 4.69) is 6.58 Å². The molecular formula is C22H28O6. The molecule has 0 spiro atoms. The minimum Gasteiger partial charge on any atom is -0.495 e. The van der Waals surface area contributed by atoms with Gasteiger partial charge in [-0.05, 0) is 36.5 Å². The van der Waals surface area contributed by atoms with Gasteiger partial charge in [0.2, 0.25) is 5.78 Å². The third kappa shape index (κ3) is 2.58. The van der Waals surface area contributed by atoms with Crippen LogP contribution in [0, 0.1) is 0 Å². The Morgan fingerprint density at radius 2 is 1.75 bits per heavy atom. The van der Waals surface area contributed by atoms with Crippen LogP contribution in [-0.4, -0.2) is 47.1 Å². The summed E-state index contributed by atoms with van der Waals surface area (Å²) < 4.78 is 28.2. The molecule has 2 aliphatic rings. The molecular weight excluding hydrogens is 360 g/mol. The van der Waals surface area contributed by atoms with E-state index in [4.69, 9.17) is 23.7 Å². The molecule has 0 radical (unpaired) electrons. The van der Waals surface area contributed by atoms with Crippen molar-refractivity contribution >= 4 is 5.78 Å². The number of carbonyl (C=O) groups excluding carboxylic acids is 1. The van der Waals surface area contributed by atoms with Crippen LogP contribution in [0.4, 0.5) is 0 Å². The second-order valence-electron chi connectivity index (χ2n) is 7.05. The monoisotopic (exact) mass is 388 g/mol. The Morgan fingerprint density at radius 3 is 2.29 bits per heavy atom. The van der Waals surface area contributed by atoms with E-state index in [1.165, 1.54) is 14.2 Å². The van der Waals surface area contributed by atoms with Crippen molar-refractivity contribution in [2.45, 2.75) is 36.9 Å². The van der Waals surface area contributed by atoms with Crippen LogP contribution in [0.15, 0.2) is 36.1 Å². The molecule has 0 saturated carbocycles. The summed E-state index contributed by atoms with van der Waals surface area (Å²) >= 11 is 0. The zero-order valence-corrected chi connectivity index (χ0v) is 17.2. The molecule has 28 heavy (non-hydrogen) atoms. The van der Waals surface area contributed by atoms with Crippen molar-refractivity contribution in [3.63, 3.8) is 0 Å². The number of benzene rings is 1. The van der Waals surface area contributed by atoms with Gasteiger partial charge in [0.05, 0.1) is 21.3 Å². The van der Waals surface area contributed by atoms with Gasteiger partial charge in [0.1, 0.15) is 0 Å². The first-order chi connectivity index (χ1) is 13.5. The molecule has 0 heterocycles. The van der Waals surface area contributed by atoms with E-state index in [1.54, 1.807) is 21.3 Å². The first-order valence-corrected chi connectivity index (χ1v) is 9.26. The van der Waals surface area contributed by atoms with Gasteiger partial charge in [-0.2, -0.15) is 0 Å². The summed E-state index contributed by atoms with van der Waals surface area (Å²) in [6.45, 7) is 3.95. The van der Waals surface area contributed by atoms with Crippen molar-refractivity contribution in [3.05, 3.63) is 47.2 Å². The molecule has 0 bridgehead atoms. The van der Waals surface area contributed by atoms with Gasteiger partial charge >= 0.3 is 0 Å². The van der Waals surface area contributed by atoms with Gasteiger partial charge in [0.25, 0.3) is 5.79 Å². The topological polar surface area (TPSA) is 63.2 Å². The highest BCUT2D eigenvalue weighted by atomic mass is 16.7. The quantitative estimate of drug-likeness (QED) is 0.527. The second kappa shape index (κ2) is 7.60. The van der Waals surface area contributed by atoms with Crippen LogP contribution in [0.1, 0.15) is 30.4 Å². The van der Waals surface area contributed by atoms with Gasteiger partial charge < -0.3 is 23.7 Å². The van der Waals surface area contributed by atoms with Crippen LogP contribution in [-0.2, 0) is 30.8 Å². The molecule has 1 aromatic rings. The second-order valence-corrected chi connectivity index (χ2v) is 7.05. The molecule has 0 N–H and O–H groups in total. The molecule has 0 aromatic heterocycles. The van der Waals surface area contributed by atoms with Gasteiger partial charge in [0.15, 0.2) is 17.3 Å². The highest BCUT2D eigenvalue weighted by Crippen LogP contribution is 2.57. The van der Waals surface area contributed by atoms with Gasteiger partial charge in [0, 0.05) is 31.6 Å². The summed E-state index contributed by atoms with van der Waals surface area (Å²) in [4.78, 5) is 13.4. The Balaban J connectivity index is 2.41. The minimum atomic E-state index is -1.53. The summed E-state index contributed by atoms with van der Waals surface area (Å²) in [5, 5.41) is 0. The SMILES string of the molecule is C=CCC12CC(=O)C(OC)(OC)C(OC)=C1CCc1ccc(OC)c(OC)c12.